The van der Waals surface area contributed by atoms with Crippen LogP contribution in [-0.4, -0.2) is 56.8 Å². The molecule has 2 aromatic rings. The van der Waals surface area contributed by atoms with Crippen molar-refractivity contribution in [3.8, 4) is 0 Å². The van der Waals surface area contributed by atoms with Gasteiger partial charge in [-0.25, -0.2) is 4.98 Å². The molecule has 1 aromatic heterocycles. The monoisotopic (exact) mass is 465 g/mol. The minimum absolute atomic E-state index is 0.129. The van der Waals surface area contributed by atoms with Gasteiger partial charge in [0.1, 0.15) is 11.2 Å². The van der Waals surface area contributed by atoms with Crippen molar-refractivity contribution in [2.75, 3.05) is 13.1 Å². The fourth-order valence-electron chi connectivity index (χ4n) is 5.06. The van der Waals surface area contributed by atoms with E-state index >= 15 is 0 Å². The molecular formula is C26H35N5O3. The highest BCUT2D eigenvalue weighted by Crippen LogP contribution is 2.30. The number of aromatic nitrogens is 2. The third-order valence-electron chi connectivity index (χ3n) is 6.97. The van der Waals surface area contributed by atoms with Gasteiger partial charge in [0.15, 0.2) is 5.69 Å². The molecule has 182 valence electrons. The van der Waals surface area contributed by atoms with Crippen LogP contribution in [0.1, 0.15) is 78.9 Å². The highest BCUT2D eigenvalue weighted by atomic mass is 16.2. The average molecular weight is 466 g/mol. The Kier molecular flexibility index (Phi) is 7.34. The van der Waals surface area contributed by atoms with Crippen molar-refractivity contribution >= 4 is 17.7 Å². The first-order chi connectivity index (χ1) is 16.4. The van der Waals surface area contributed by atoms with E-state index in [0.29, 0.717) is 19.5 Å². The Balaban J connectivity index is 1.46. The van der Waals surface area contributed by atoms with Crippen LogP contribution in [0.3, 0.4) is 0 Å². The standard InChI is InChI=1S/C26H35N5O3/c1-3-16-31-24(33)22-21(23(32)27-15-9-12-19-10-5-4-6-11-19)28-18-30(22)17-26(31,2)25(34)29-20-13-7-8-14-20/h4-6,10-11,18,20H,3,7-9,12-17H2,1-2H3,(H,27,32)(H,29,34). The Morgan fingerprint density at radius 1 is 1.18 bits per heavy atom. The minimum Gasteiger partial charge on any atom is -0.351 e. The molecule has 1 aliphatic heterocycles. The van der Waals surface area contributed by atoms with E-state index in [4.69, 9.17) is 0 Å². The van der Waals surface area contributed by atoms with Crippen molar-refractivity contribution in [2.45, 2.75) is 76.9 Å². The van der Waals surface area contributed by atoms with Crippen molar-refractivity contribution < 1.29 is 14.4 Å². The van der Waals surface area contributed by atoms with Crippen molar-refractivity contribution in [3.63, 3.8) is 0 Å². The average Bonchev–Trinajstić information content (AvgIpc) is 3.50. The van der Waals surface area contributed by atoms with Gasteiger partial charge in [-0.3, -0.25) is 14.4 Å². The zero-order chi connectivity index (χ0) is 24.1. The van der Waals surface area contributed by atoms with E-state index < -0.39 is 5.54 Å². The van der Waals surface area contributed by atoms with Crippen molar-refractivity contribution in [3.05, 3.63) is 53.6 Å². The SMILES string of the molecule is CCCN1C(=O)c2c(C(=O)NCCCc3ccccc3)ncn2CC1(C)C(=O)NC1CCCC1. The van der Waals surface area contributed by atoms with Gasteiger partial charge < -0.3 is 20.1 Å². The summed E-state index contributed by atoms with van der Waals surface area (Å²) in [7, 11) is 0. The Hall–Kier alpha value is -3.16. The Bertz CT molecular complexity index is 1030. The van der Waals surface area contributed by atoms with Crippen molar-refractivity contribution in [1.82, 2.24) is 25.1 Å². The molecule has 2 N–H and O–H groups in total. The van der Waals surface area contributed by atoms with Crippen molar-refractivity contribution in [1.29, 1.82) is 0 Å². The molecule has 1 atom stereocenters. The molecule has 3 amide bonds. The van der Waals surface area contributed by atoms with Gasteiger partial charge in [0, 0.05) is 19.1 Å². The van der Waals surface area contributed by atoms with Crippen LogP contribution in [0.25, 0.3) is 0 Å². The molecule has 8 heteroatoms. The number of amides is 3. The number of carbonyl (C=O) groups excluding carboxylic acids is 3. The number of hydrogen-bond donors (Lipinski definition) is 2. The van der Waals surface area contributed by atoms with E-state index in [1.54, 1.807) is 9.47 Å². The van der Waals surface area contributed by atoms with Gasteiger partial charge in [-0.1, -0.05) is 50.1 Å². The van der Waals surface area contributed by atoms with E-state index in [1.165, 1.54) is 11.9 Å². The molecular weight excluding hydrogens is 430 g/mol. The summed E-state index contributed by atoms with van der Waals surface area (Å²) in [6.07, 6.45) is 8.08. The summed E-state index contributed by atoms with van der Waals surface area (Å²) < 4.78 is 1.67. The van der Waals surface area contributed by atoms with Crippen LogP contribution >= 0.6 is 0 Å². The summed E-state index contributed by atoms with van der Waals surface area (Å²) in [4.78, 5) is 45.7. The molecule has 0 spiro atoms. The topological polar surface area (TPSA) is 96.3 Å². The zero-order valence-electron chi connectivity index (χ0n) is 20.2. The molecule has 0 radical (unpaired) electrons. The summed E-state index contributed by atoms with van der Waals surface area (Å²) in [6.45, 7) is 5.01. The number of fused-ring (bicyclic) bond motifs is 1. The predicted molar refractivity (Wildman–Crippen MR) is 129 cm³/mol. The Labute approximate surface area is 201 Å². The second kappa shape index (κ2) is 10.4. The quantitative estimate of drug-likeness (QED) is 0.557. The molecule has 0 saturated heterocycles. The molecule has 4 rings (SSSR count). The van der Waals surface area contributed by atoms with Gasteiger partial charge in [0.2, 0.25) is 5.91 Å². The summed E-state index contributed by atoms with van der Waals surface area (Å²) in [5.41, 5.74) is 0.591. The molecule has 1 unspecified atom stereocenters. The molecule has 2 heterocycles. The first-order valence-electron chi connectivity index (χ1n) is 12.4. The lowest BCUT2D eigenvalue weighted by molar-refractivity contribution is -0.133. The molecule has 0 bridgehead atoms. The number of imidazole rings is 1. The zero-order valence-corrected chi connectivity index (χ0v) is 20.2. The lowest BCUT2D eigenvalue weighted by atomic mass is 9.93. The molecule has 2 aliphatic rings. The van der Waals surface area contributed by atoms with Gasteiger partial charge in [-0.15, -0.1) is 0 Å². The summed E-state index contributed by atoms with van der Waals surface area (Å²) in [5.74, 6) is -0.804. The predicted octanol–water partition coefficient (Wildman–Crippen LogP) is 2.93. The lowest BCUT2D eigenvalue weighted by Gasteiger charge is -2.44. The van der Waals surface area contributed by atoms with Crippen LogP contribution in [-0.2, 0) is 17.8 Å². The fraction of sp³-hybridized carbons (Fsp3) is 0.538. The number of carbonyl (C=O) groups is 3. The molecule has 1 fully saturated rings. The maximum Gasteiger partial charge on any atom is 0.273 e. The molecule has 1 saturated carbocycles. The fourth-order valence-corrected chi connectivity index (χ4v) is 5.06. The highest BCUT2D eigenvalue weighted by Gasteiger charge is 2.48. The van der Waals surface area contributed by atoms with Crippen LogP contribution in [0.2, 0.25) is 0 Å². The third kappa shape index (κ3) is 4.86. The maximum atomic E-state index is 13.6. The number of hydrogen-bond acceptors (Lipinski definition) is 4. The van der Waals surface area contributed by atoms with Crippen molar-refractivity contribution in [2.24, 2.45) is 0 Å². The van der Waals surface area contributed by atoms with Crippen LogP contribution in [0.4, 0.5) is 0 Å². The van der Waals surface area contributed by atoms with E-state index in [2.05, 4.69) is 27.8 Å². The van der Waals surface area contributed by atoms with Gasteiger partial charge in [0.25, 0.3) is 11.8 Å². The normalized spacial score (nSPS) is 20.3. The molecule has 34 heavy (non-hydrogen) atoms. The second-order valence-electron chi connectivity index (χ2n) is 9.60. The summed E-state index contributed by atoms with van der Waals surface area (Å²) in [5, 5.41) is 6.06. The smallest absolute Gasteiger partial charge is 0.273 e. The van der Waals surface area contributed by atoms with Gasteiger partial charge in [-0.2, -0.15) is 0 Å². The molecule has 1 aliphatic carbocycles. The van der Waals surface area contributed by atoms with E-state index in [0.717, 1.165) is 38.5 Å². The van der Waals surface area contributed by atoms with Gasteiger partial charge >= 0.3 is 0 Å². The molecule has 1 aromatic carbocycles. The van der Waals surface area contributed by atoms with E-state index in [9.17, 15) is 14.4 Å². The minimum atomic E-state index is -1.02. The first-order valence-corrected chi connectivity index (χ1v) is 12.4. The van der Waals surface area contributed by atoms with Gasteiger partial charge in [-0.05, 0) is 44.6 Å². The first kappa shape index (κ1) is 24.0. The summed E-state index contributed by atoms with van der Waals surface area (Å²) >= 11 is 0. The number of nitrogens with zero attached hydrogens (tertiary/aromatic N) is 3. The summed E-state index contributed by atoms with van der Waals surface area (Å²) in [6, 6.07) is 10.3. The van der Waals surface area contributed by atoms with E-state index in [-0.39, 0.29) is 41.7 Å². The van der Waals surface area contributed by atoms with Crippen LogP contribution in [0.15, 0.2) is 36.7 Å². The largest absolute Gasteiger partial charge is 0.351 e. The maximum absolute atomic E-state index is 13.6. The second-order valence-corrected chi connectivity index (χ2v) is 9.60. The van der Waals surface area contributed by atoms with Crippen LogP contribution in [0, 0.1) is 0 Å². The van der Waals surface area contributed by atoms with E-state index in [1.807, 2.05) is 32.0 Å². The number of benzene rings is 1. The number of nitrogens with one attached hydrogen (secondary N) is 2. The van der Waals surface area contributed by atoms with Crippen LogP contribution < -0.4 is 10.6 Å². The number of aryl methyl sites for hydroxylation is 1. The lowest BCUT2D eigenvalue weighted by Crippen LogP contribution is -2.65. The van der Waals surface area contributed by atoms with Crippen LogP contribution in [0.5, 0.6) is 0 Å². The van der Waals surface area contributed by atoms with Gasteiger partial charge in [0.05, 0.1) is 12.9 Å². The third-order valence-corrected chi connectivity index (χ3v) is 6.97. The number of rotatable bonds is 9. The molecule has 8 nitrogen and oxygen atoms in total. The Morgan fingerprint density at radius 3 is 2.62 bits per heavy atom. The highest BCUT2D eigenvalue weighted by molar-refractivity contribution is 6.07. The Morgan fingerprint density at radius 2 is 1.91 bits per heavy atom.